The molecule has 1 aromatic carbocycles. The number of hydrogen-bond acceptors (Lipinski definition) is 3. The van der Waals surface area contributed by atoms with Gasteiger partial charge in [-0.1, -0.05) is 0 Å². The zero-order valence-corrected chi connectivity index (χ0v) is 8.39. The predicted octanol–water partition coefficient (Wildman–Crippen LogP) is 0.833. The molecule has 0 aliphatic carbocycles. The van der Waals surface area contributed by atoms with E-state index in [1.54, 1.807) is 0 Å². The maximum Gasteiger partial charge on any atom is 0.404 e. The molecule has 88 valence electrons. The van der Waals surface area contributed by atoms with Crippen LogP contribution in [0.3, 0.4) is 0 Å². The first-order valence-corrected chi connectivity index (χ1v) is 4.61. The van der Waals surface area contributed by atoms with Crippen LogP contribution < -0.4 is 10.1 Å². The summed E-state index contributed by atoms with van der Waals surface area (Å²) < 4.78 is 17.6. The summed E-state index contributed by atoms with van der Waals surface area (Å²) in [4.78, 5) is 10.1. The number of rotatable bonds is 5. The smallest absolute Gasteiger partial charge is 0.404 e. The summed E-state index contributed by atoms with van der Waals surface area (Å²) in [5.74, 6) is 0.0382. The maximum absolute atomic E-state index is 12.5. The van der Waals surface area contributed by atoms with Crippen LogP contribution in [0.15, 0.2) is 24.3 Å². The van der Waals surface area contributed by atoms with Gasteiger partial charge in [-0.3, -0.25) is 0 Å². The van der Waals surface area contributed by atoms with E-state index in [9.17, 15) is 14.3 Å². The van der Waals surface area contributed by atoms with Crippen molar-refractivity contribution in [3.8, 4) is 5.75 Å². The van der Waals surface area contributed by atoms with Gasteiger partial charge in [0.05, 0.1) is 6.54 Å². The van der Waals surface area contributed by atoms with Crippen molar-refractivity contribution >= 4 is 6.09 Å². The van der Waals surface area contributed by atoms with Crippen LogP contribution in [0.1, 0.15) is 0 Å². The molecule has 1 unspecified atom stereocenters. The topological polar surface area (TPSA) is 78.8 Å². The summed E-state index contributed by atoms with van der Waals surface area (Å²) in [6, 6.07) is 5.31. The van der Waals surface area contributed by atoms with E-state index in [-0.39, 0.29) is 19.0 Å². The number of aliphatic hydroxyl groups excluding tert-OH is 1. The maximum atomic E-state index is 12.5. The second-order valence-corrected chi connectivity index (χ2v) is 3.10. The molecule has 0 spiro atoms. The average Bonchev–Trinajstić information content (AvgIpc) is 2.25. The second kappa shape index (κ2) is 5.92. The van der Waals surface area contributed by atoms with Crippen molar-refractivity contribution in [3.63, 3.8) is 0 Å². The van der Waals surface area contributed by atoms with E-state index in [0.29, 0.717) is 5.75 Å². The number of benzene rings is 1. The van der Waals surface area contributed by atoms with Crippen LogP contribution in [0.25, 0.3) is 0 Å². The number of hydrogen-bond donors (Lipinski definition) is 3. The molecule has 1 amide bonds. The van der Waals surface area contributed by atoms with Gasteiger partial charge in [0, 0.05) is 0 Å². The van der Waals surface area contributed by atoms with Crippen molar-refractivity contribution in [2.45, 2.75) is 6.10 Å². The number of carbonyl (C=O) groups is 1. The molecule has 1 atom stereocenters. The molecule has 0 aliphatic heterocycles. The van der Waals surface area contributed by atoms with Crippen LogP contribution in [0.4, 0.5) is 9.18 Å². The molecule has 5 nitrogen and oxygen atoms in total. The number of halogens is 1. The van der Waals surface area contributed by atoms with Crippen molar-refractivity contribution < 1.29 is 24.1 Å². The van der Waals surface area contributed by atoms with Crippen molar-refractivity contribution in [3.05, 3.63) is 30.1 Å². The number of aliphatic hydroxyl groups is 1. The zero-order chi connectivity index (χ0) is 12.0. The van der Waals surface area contributed by atoms with Crippen molar-refractivity contribution in [1.82, 2.24) is 5.32 Å². The monoisotopic (exact) mass is 229 g/mol. The molecule has 3 N–H and O–H groups in total. The van der Waals surface area contributed by atoms with Gasteiger partial charge >= 0.3 is 6.09 Å². The van der Waals surface area contributed by atoms with Gasteiger partial charge in [-0.2, -0.15) is 0 Å². The number of ether oxygens (including phenoxy) is 1. The normalized spacial score (nSPS) is 11.9. The Labute approximate surface area is 91.5 Å². The molecule has 0 aromatic heterocycles. The third-order valence-corrected chi connectivity index (χ3v) is 1.74. The van der Waals surface area contributed by atoms with Crippen molar-refractivity contribution in [2.24, 2.45) is 0 Å². The molecular formula is C10H12FNO4. The second-order valence-electron chi connectivity index (χ2n) is 3.10. The SMILES string of the molecule is O=C(O)NCC(O)COc1ccc(F)cc1. The Balaban J connectivity index is 2.28. The third-order valence-electron chi connectivity index (χ3n) is 1.74. The van der Waals surface area contributed by atoms with Crippen LogP contribution >= 0.6 is 0 Å². The van der Waals surface area contributed by atoms with E-state index in [1.807, 2.05) is 5.32 Å². The first kappa shape index (κ1) is 12.3. The minimum atomic E-state index is -1.21. The summed E-state index contributed by atoms with van der Waals surface area (Å²) in [5.41, 5.74) is 0. The number of carboxylic acid groups (broad SMARTS) is 1. The standard InChI is InChI=1S/C10H12FNO4/c11-7-1-3-9(4-2-7)16-6-8(13)5-12-10(14)15/h1-4,8,12-13H,5-6H2,(H,14,15). The first-order chi connectivity index (χ1) is 7.58. The molecule has 0 saturated carbocycles. The molecular weight excluding hydrogens is 217 g/mol. The van der Waals surface area contributed by atoms with Gasteiger partial charge in [0.2, 0.25) is 0 Å². The molecule has 6 heteroatoms. The fourth-order valence-corrected chi connectivity index (χ4v) is 0.987. The lowest BCUT2D eigenvalue weighted by Gasteiger charge is -2.11. The Morgan fingerprint density at radius 2 is 2.06 bits per heavy atom. The fourth-order valence-electron chi connectivity index (χ4n) is 0.987. The lowest BCUT2D eigenvalue weighted by atomic mass is 10.3. The Bertz CT molecular complexity index is 341. The minimum Gasteiger partial charge on any atom is -0.491 e. The van der Waals surface area contributed by atoms with Gasteiger partial charge < -0.3 is 20.3 Å². The van der Waals surface area contributed by atoms with E-state index in [0.717, 1.165) is 0 Å². The van der Waals surface area contributed by atoms with E-state index in [2.05, 4.69) is 0 Å². The summed E-state index contributed by atoms with van der Waals surface area (Å²) in [7, 11) is 0. The van der Waals surface area contributed by atoms with Crippen LogP contribution in [-0.2, 0) is 0 Å². The van der Waals surface area contributed by atoms with Gasteiger partial charge in [0.1, 0.15) is 24.3 Å². The molecule has 0 saturated heterocycles. The largest absolute Gasteiger partial charge is 0.491 e. The Kier molecular flexibility index (Phi) is 4.53. The first-order valence-electron chi connectivity index (χ1n) is 4.61. The molecule has 16 heavy (non-hydrogen) atoms. The van der Waals surface area contributed by atoms with Crippen LogP contribution in [-0.4, -0.2) is 35.6 Å². The van der Waals surface area contributed by atoms with Crippen molar-refractivity contribution in [1.29, 1.82) is 0 Å². The fraction of sp³-hybridized carbons (Fsp3) is 0.300. The van der Waals surface area contributed by atoms with E-state index in [4.69, 9.17) is 9.84 Å². The highest BCUT2D eigenvalue weighted by Crippen LogP contribution is 2.10. The van der Waals surface area contributed by atoms with Crippen LogP contribution in [0.2, 0.25) is 0 Å². The van der Waals surface area contributed by atoms with Gasteiger partial charge in [-0.25, -0.2) is 9.18 Å². The molecule has 1 aromatic rings. The summed E-state index contributed by atoms with van der Waals surface area (Å²) in [6.45, 7) is -0.178. The molecule has 0 radical (unpaired) electrons. The average molecular weight is 229 g/mol. The van der Waals surface area contributed by atoms with Crippen LogP contribution in [0.5, 0.6) is 5.75 Å². The molecule has 0 heterocycles. The number of nitrogens with one attached hydrogen (secondary N) is 1. The lowest BCUT2D eigenvalue weighted by Crippen LogP contribution is -2.34. The van der Waals surface area contributed by atoms with Crippen LogP contribution in [0, 0.1) is 5.82 Å². The zero-order valence-electron chi connectivity index (χ0n) is 8.39. The summed E-state index contributed by atoms with van der Waals surface area (Å²) in [6.07, 6.45) is -2.15. The highest BCUT2D eigenvalue weighted by molar-refractivity contribution is 5.64. The summed E-state index contributed by atoms with van der Waals surface area (Å²) in [5, 5.41) is 19.6. The van der Waals surface area contributed by atoms with Gasteiger partial charge in [-0.15, -0.1) is 0 Å². The highest BCUT2D eigenvalue weighted by Gasteiger charge is 2.06. The number of amides is 1. The lowest BCUT2D eigenvalue weighted by molar-refractivity contribution is 0.104. The predicted molar refractivity (Wildman–Crippen MR) is 53.9 cm³/mol. The van der Waals surface area contributed by atoms with Gasteiger partial charge in [0.25, 0.3) is 0 Å². The molecule has 0 bridgehead atoms. The van der Waals surface area contributed by atoms with E-state index in [1.165, 1.54) is 24.3 Å². The summed E-state index contributed by atoms with van der Waals surface area (Å²) >= 11 is 0. The van der Waals surface area contributed by atoms with E-state index >= 15 is 0 Å². The third kappa shape index (κ3) is 4.61. The Morgan fingerprint density at radius 3 is 2.62 bits per heavy atom. The van der Waals surface area contributed by atoms with Gasteiger partial charge in [-0.05, 0) is 24.3 Å². The minimum absolute atomic E-state index is 0.0636. The quantitative estimate of drug-likeness (QED) is 0.698. The molecule has 0 fully saturated rings. The Morgan fingerprint density at radius 1 is 1.44 bits per heavy atom. The Hall–Kier alpha value is -1.82. The van der Waals surface area contributed by atoms with Crippen molar-refractivity contribution in [2.75, 3.05) is 13.2 Å². The molecule has 0 aliphatic rings. The van der Waals surface area contributed by atoms with Gasteiger partial charge in [0.15, 0.2) is 0 Å². The highest BCUT2D eigenvalue weighted by atomic mass is 19.1. The molecule has 1 rings (SSSR count). The van der Waals surface area contributed by atoms with E-state index < -0.39 is 12.2 Å².